The molecule has 130 valence electrons. The van der Waals surface area contributed by atoms with E-state index in [1.165, 1.54) is 12.1 Å². The van der Waals surface area contributed by atoms with Crippen molar-refractivity contribution < 1.29 is 9.13 Å². The Morgan fingerprint density at radius 2 is 2.04 bits per heavy atom. The molecule has 0 saturated heterocycles. The lowest BCUT2D eigenvalue weighted by Crippen LogP contribution is -2.10. The summed E-state index contributed by atoms with van der Waals surface area (Å²) >= 11 is 0. The number of hydrogen-bond donors (Lipinski definition) is 3. The number of benzene rings is 1. The molecule has 25 heavy (non-hydrogen) atoms. The van der Waals surface area contributed by atoms with Crippen LogP contribution in [0.15, 0.2) is 30.5 Å². The number of hydrogen-bond acceptors (Lipinski definition) is 7. The number of ether oxygens (including phenoxy) is 1. The summed E-state index contributed by atoms with van der Waals surface area (Å²) in [5.41, 5.74) is 8.01. The highest BCUT2D eigenvalue weighted by molar-refractivity contribution is 5.88. The van der Waals surface area contributed by atoms with Gasteiger partial charge in [0.2, 0.25) is 5.95 Å². The molecular formula is C17H19FN6O. The molecule has 0 amide bonds. The molecule has 8 heteroatoms. The molecule has 0 aliphatic rings. The topological polar surface area (TPSA) is 98.0 Å². The molecule has 4 N–H and O–H groups in total. The fourth-order valence-electron chi connectivity index (χ4n) is 2.48. The van der Waals surface area contributed by atoms with Gasteiger partial charge in [0.15, 0.2) is 5.65 Å². The predicted molar refractivity (Wildman–Crippen MR) is 97.1 cm³/mol. The fourth-order valence-corrected chi connectivity index (χ4v) is 2.48. The Kier molecular flexibility index (Phi) is 4.90. The number of pyridine rings is 1. The quantitative estimate of drug-likeness (QED) is 0.468. The fraction of sp³-hybridized carbons (Fsp3) is 0.235. The summed E-state index contributed by atoms with van der Waals surface area (Å²) in [6, 6.07) is 6.27. The molecular weight excluding hydrogens is 323 g/mol. The summed E-state index contributed by atoms with van der Waals surface area (Å²) in [4.78, 5) is 13.1. The average molecular weight is 342 g/mol. The summed E-state index contributed by atoms with van der Waals surface area (Å²) in [7, 11) is 3.36. The van der Waals surface area contributed by atoms with Crippen molar-refractivity contribution in [3.63, 3.8) is 0 Å². The lowest BCUT2D eigenvalue weighted by molar-refractivity contribution is 0.210. The molecule has 1 aromatic carbocycles. The molecule has 0 atom stereocenters. The van der Waals surface area contributed by atoms with Crippen molar-refractivity contribution in [2.75, 3.05) is 43.7 Å². The van der Waals surface area contributed by atoms with Gasteiger partial charge in [-0.2, -0.15) is 4.98 Å². The van der Waals surface area contributed by atoms with Crippen molar-refractivity contribution in [2.45, 2.75) is 0 Å². The van der Waals surface area contributed by atoms with E-state index in [1.54, 1.807) is 26.4 Å². The van der Waals surface area contributed by atoms with Gasteiger partial charge in [-0.15, -0.1) is 0 Å². The van der Waals surface area contributed by atoms with Gasteiger partial charge in [0.05, 0.1) is 6.61 Å². The average Bonchev–Trinajstić information content (AvgIpc) is 2.60. The molecule has 0 saturated carbocycles. The number of nitrogens with one attached hydrogen (secondary N) is 2. The maximum absolute atomic E-state index is 13.8. The molecule has 0 radical (unpaired) electrons. The van der Waals surface area contributed by atoms with E-state index in [2.05, 4.69) is 25.6 Å². The van der Waals surface area contributed by atoms with Crippen LogP contribution >= 0.6 is 0 Å². The molecule has 7 nitrogen and oxygen atoms in total. The highest BCUT2D eigenvalue weighted by atomic mass is 19.1. The third-order valence-electron chi connectivity index (χ3n) is 3.62. The first kappa shape index (κ1) is 16.8. The SMILES string of the molecule is CNc1ncc2cc(-c3cc(N)cc(F)c3)c(NCCOC)nc2n1. The van der Waals surface area contributed by atoms with Crippen molar-refractivity contribution in [1.82, 2.24) is 15.0 Å². The zero-order valence-corrected chi connectivity index (χ0v) is 14.0. The van der Waals surface area contributed by atoms with E-state index in [0.29, 0.717) is 41.8 Å². The van der Waals surface area contributed by atoms with E-state index in [1.807, 2.05) is 6.07 Å². The van der Waals surface area contributed by atoms with Gasteiger partial charge in [-0.25, -0.2) is 14.4 Å². The summed E-state index contributed by atoms with van der Waals surface area (Å²) in [5.74, 6) is 0.653. The predicted octanol–water partition coefficient (Wildman–Crippen LogP) is 2.51. The number of nitrogens with two attached hydrogens (primary N) is 1. The van der Waals surface area contributed by atoms with Gasteiger partial charge in [0.1, 0.15) is 11.6 Å². The largest absolute Gasteiger partial charge is 0.399 e. The number of fused-ring (bicyclic) bond motifs is 1. The molecule has 0 unspecified atom stereocenters. The van der Waals surface area contributed by atoms with Crippen molar-refractivity contribution >= 4 is 28.5 Å². The summed E-state index contributed by atoms with van der Waals surface area (Å²) in [6.07, 6.45) is 1.67. The zero-order valence-electron chi connectivity index (χ0n) is 14.0. The lowest BCUT2D eigenvalue weighted by Gasteiger charge is -2.13. The van der Waals surface area contributed by atoms with Crippen molar-refractivity contribution in [1.29, 1.82) is 0 Å². The summed E-state index contributed by atoms with van der Waals surface area (Å²) in [5, 5.41) is 6.83. The van der Waals surface area contributed by atoms with E-state index in [-0.39, 0.29) is 0 Å². The second-order valence-corrected chi connectivity index (χ2v) is 5.43. The summed E-state index contributed by atoms with van der Waals surface area (Å²) < 4.78 is 18.9. The van der Waals surface area contributed by atoms with Gasteiger partial charge in [-0.05, 0) is 29.8 Å². The van der Waals surface area contributed by atoms with Crippen LogP contribution in [0.5, 0.6) is 0 Å². The maximum atomic E-state index is 13.8. The van der Waals surface area contributed by atoms with Gasteiger partial charge < -0.3 is 21.1 Å². The van der Waals surface area contributed by atoms with Crippen LogP contribution in [0.1, 0.15) is 0 Å². The number of halogens is 1. The minimum absolute atomic E-state index is 0.347. The Bertz CT molecular complexity index is 881. The van der Waals surface area contributed by atoms with Crippen LogP contribution in [-0.4, -0.2) is 42.3 Å². The number of nitrogen functional groups attached to an aromatic ring is 1. The van der Waals surface area contributed by atoms with E-state index in [9.17, 15) is 4.39 Å². The van der Waals surface area contributed by atoms with Crippen LogP contribution in [0.25, 0.3) is 22.2 Å². The Morgan fingerprint density at radius 1 is 1.20 bits per heavy atom. The van der Waals surface area contributed by atoms with Crippen molar-refractivity contribution in [3.05, 3.63) is 36.3 Å². The molecule has 2 heterocycles. The molecule has 0 spiro atoms. The van der Waals surface area contributed by atoms with Crippen LogP contribution in [0.3, 0.4) is 0 Å². The van der Waals surface area contributed by atoms with Gasteiger partial charge >= 0.3 is 0 Å². The summed E-state index contributed by atoms with van der Waals surface area (Å²) in [6.45, 7) is 1.06. The molecule has 0 aliphatic carbocycles. The highest BCUT2D eigenvalue weighted by Gasteiger charge is 2.12. The Labute approximate surface area is 144 Å². The first-order chi connectivity index (χ1) is 12.1. The highest BCUT2D eigenvalue weighted by Crippen LogP contribution is 2.31. The Morgan fingerprint density at radius 3 is 2.76 bits per heavy atom. The first-order valence-electron chi connectivity index (χ1n) is 7.75. The number of rotatable bonds is 6. The van der Waals surface area contributed by atoms with Crippen LogP contribution in [-0.2, 0) is 4.74 Å². The number of aromatic nitrogens is 3. The van der Waals surface area contributed by atoms with Gasteiger partial charge in [0.25, 0.3) is 0 Å². The molecule has 0 fully saturated rings. The first-order valence-corrected chi connectivity index (χ1v) is 7.75. The van der Waals surface area contributed by atoms with E-state index >= 15 is 0 Å². The molecule has 2 aromatic heterocycles. The molecule has 0 bridgehead atoms. The van der Waals surface area contributed by atoms with Crippen LogP contribution in [0.4, 0.5) is 21.8 Å². The molecule has 0 aliphatic heterocycles. The van der Waals surface area contributed by atoms with Crippen molar-refractivity contribution in [3.8, 4) is 11.1 Å². The maximum Gasteiger partial charge on any atom is 0.224 e. The number of anilines is 3. The second-order valence-electron chi connectivity index (χ2n) is 5.43. The van der Waals surface area contributed by atoms with Gasteiger partial charge in [0, 0.05) is 43.5 Å². The van der Waals surface area contributed by atoms with E-state index in [0.717, 1.165) is 10.9 Å². The monoisotopic (exact) mass is 342 g/mol. The smallest absolute Gasteiger partial charge is 0.224 e. The molecule has 3 aromatic rings. The molecule has 3 rings (SSSR count). The lowest BCUT2D eigenvalue weighted by atomic mass is 10.0. The van der Waals surface area contributed by atoms with Crippen LogP contribution < -0.4 is 16.4 Å². The second kappa shape index (κ2) is 7.27. The van der Waals surface area contributed by atoms with E-state index in [4.69, 9.17) is 10.5 Å². The minimum atomic E-state index is -0.403. The standard InChI is InChI=1S/C17H19FN6O/c1-20-17-22-9-11-7-14(10-5-12(18)8-13(19)6-10)16(21-3-4-25-2)23-15(11)24-17/h5-9H,3-4,19H2,1-2H3,(H2,20,21,22,23,24). The zero-order chi connectivity index (χ0) is 17.8. The van der Waals surface area contributed by atoms with Crippen LogP contribution in [0.2, 0.25) is 0 Å². The van der Waals surface area contributed by atoms with Crippen molar-refractivity contribution in [2.24, 2.45) is 0 Å². The normalized spacial score (nSPS) is 10.8. The third kappa shape index (κ3) is 3.74. The Hall–Kier alpha value is -3.00. The third-order valence-corrected chi connectivity index (χ3v) is 3.62. The van der Waals surface area contributed by atoms with Gasteiger partial charge in [-0.3, -0.25) is 0 Å². The number of methoxy groups -OCH3 is 1. The van der Waals surface area contributed by atoms with Crippen LogP contribution in [0, 0.1) is 5.82 Å². The number of nitrogens with zero attached hydrogens (tertiary/aromatic N) is 3. The Balaban J connectivity index is 2.14. The van der Waals surface area contributed by atoms with E-state index < -0.39 is 5.82 Å². The van der Waals surface area contributed by atoms with Gasteiger partial charge in [-0.1, -0.05) is 0 Å². The minimum Gasteiger partial charge on any atom is -0.399 e.